The van der Waals surface area contributed by atoms with Crippen LogP contribution in [0.4, 0.5) is 0 Å². The molecule has 1 fully saturated rings. The number of hydrogen-bond acceptors (Lipinski definition) is 5. The Hall–Kier alpha value is -3.45. The summed E-state index contributed by atoms with van der Waals surface area (Å²) < 4.78 is 5.55. The molecule has 7 nitrogen and oxygen atoms in total. The minimum Gasteiger partial charge on any atom is -0.478 e. The van der Waals surface area contributed by atoms with E-state index in [-0.39, 0.29) is 7.43 Å². The van der Waals surface area contributed by atoms with Crippen molar-refractivity contribution in [2.45, 2.75) is 53.5 Å². The van der Waals surface area contributed by atoms with E-state index in [0.717, 1.165) is 30.2 Å². The molecule has 7 heteroatoms. The number of carbonyl (C=O) groups is 2. The van der Waals surface area contributed by atoms with Gasteiger partial charge in [-0.2, -0.15) is 0 Å². The molecular formula is C28H36N2O5. The Morgan fingerprint density at radius 2 is 1.63 bits per heavy atom. The standard InChI is InChI=1S/C23H28N2O.C4H4O4.CH4/c1-17-14-21-22(24-26-23(21)15-18(17)2)9-8-19-10-12-25(13-11-19)16-20-6-4-3-5-7-20;5-3(6)1-2-4(7)8;/h3-7,14-15,19H,8-13,16H2,1-2H3;1-2H,(H,5,6)(H,7,8);1H4/b;2-1-;. The first kappa shape index (κ1) is 27.8. The molecule has 1 aliphatic rings. The second-order valence-electron chi connectivity index (χ2n) is 8.82. The molecule has 2 N–H and O–H groups in total. The molecule has 1 saturated heterocycles. The quantitative estimate of drug-likeness (QED) is 0.422. The SMILES string of the molecule is C.Cc1cc2onc(CCC3CCN(Cc4ccccc4)CC3)c2cc1C.O=C(O)/C=C\C(=O)O. The van der Waals surface area contributed by atoms with E-state index in [9.17, 15) is 9.59 Å². The lowest BCUT2D eigenvalue weighted by Gasteiger charge is -2.31. The number of aromatic nitrogens is 1. The van der Waals surface area contributed by atoms with E-state index < -0.39 is 11.9 Å². The maximum absolute atomic E-state index is 9.55. The molecule has 188 valence electrons. The van der Waals surface area contributed by atoms with Crippen molar-refractivity contribution >= 4 is 22.9 Å². The zero-order valence-corrected chi connectivity index (χ0v) is 19.7. The average molecular weight is 481 g/mol. The van der Waals surface area contributed by atoms with Gasteiger partial charge in [0.25, 0.3) is 0 Å². The van der Waals surface area contributed by atoms with Gasteiger partial charge in [-0.25, -0.2) is 9.59 Å². The largest absolute Gasteiger partial charge is 0.478 e. The summed E-state index contributed by atoms with van der Waals surface area (Å²) in [4.78, 5) is 21.7. The molecule has 0 aliphatic carbocycles. The fraction of sp³-hybridized carbons (Fsp3) is 0.393. The summed E-state index contributed by atoms with van der Waals surface area (Å²) in [6, 6.07) is 15.2. The number of carboxylic acid groups (broad SMARTS) is 2. The lowest BCUT2D eigenvalue weighted by molar-refractivity contribution is -0.134. The van der Waals surface area contributed by atoms with Gasteiger partial charge in [-0.05, 0) is 87.4 Å². The topological polar surface area (TPSA) is 104 Å². The fourth-order valence-corrected chi connectivity index (χ4v) is 4.18. The number of aliphatic carboxylic acids is 2. The van der Waals surface area contributed by atoms with Crippen LogP contribution in [0.5, 0.6) is 0 Å². The van der Waals surface area contributed by atoms with Gasteiger partial charge in [-0.1, -0.05) is 42.9 Å². The summed E-state index contributed by atoms with van der Waals surface area (Å²) in [5.41, 5.74) is 6.07. The Morgan fingerprint density at radius 3 is 2.23 bits per heavy atom. The van der Waals surface area contributed by atoms with Crippen molar-refractivity contribution in [3.63, 3.8) is 0 Å². The van der Waals surface area contributed by atoms with Gasteiger partial charge in [0.2, 0.25) is 0 Å². The second kappa shape index (κ2) is 13.4. The number of hydrogen-bond donors (Lipinski definition) is 2. The molecule has 2 aromatic carbocycles. The zero-order chi connectivity index (χ0) is 24.5. The minimum atomic E-state index is -1.26. The number of carboxylic acids is 2. The predicted octanol–water partition coefficient (Wildman–Crippen LogP) is 5.64. The van der Waals surface area contributed by atoms with Gasteiger partial charge in [0.1, 0.15) is 0 Å². The summed E-state index contributed by atoms with van der Waals surface area (Å²) in [5, 5.41) is 21.2. The van der Waals surface area contributed by atoms with Gasteiger partial charge in [0.05, 0.1) is 5.69 Å². The Kier molecular flexibility index (Phi) is 10.7. The van der Waals surface area contributed by atoms with Gasteiger partial charge >= 0.3 is 11.9 Å². The Balaban J connectivity index is 0.000000418. The molecular weight excluding hydrogens is 444 g/mol. The number of piperidine rings is 1. The summed E-state index contributed by atoms with van der Waals surface area (Å²) in [6.45, 7) is 7.78. The van der Waals surface area contributed by atoms with Crippen LogP contribution in [0.1, 0.15) is 49.1 Å². The number of nitrogens with zero attached hydrogens (tertiary/aromatic N) is 2. The number of fused-ring (bicyclic) bond motifs is 1. The molecule has 0 amide bonds. The van der Waals surface area contributed by atoms with Crippen molar-refractivity contribution < 1.29 is 24.3 Å². The lowest BCUT2D eigenvalue weighted by atomic mass is 9.91. The lowest BCUT2D eigenvalue weighted by Crippen LogP contribution is -2.33. The van der Waals surface area contributed by atoms with E-state index in [1.165, 1.54) is 54.4 Å². The fourth-order valence-electron chi connectivity index (χ4n) is 4.18. The van der Waals surface area contributed by atoms with Crippen molar-refractivity contribution in [1.29, 1.82) is 0 Å². The van der Waals surface area contributed by atoms with Crippen LogP contribution in [0.2, 0.25) is 0 Å². The van der Waals surface area contributed by atoms with Gasteiger partial charge in [-0.3, -0.25) is 4.90 Å². The van der Waals surface area contributed by atoms with Crippen LogP contribution in [0.3, 0.4) is 0 Å². The molecule has 0 saturated carbocycles. The summed E-state index contributed by atoms with van der Waals surface area (Å²) >= 11 is 0. The van der Waals surface area contributed by atoms with Crippen molar-refractivity contribution in [1.82, 2.24) is 10.1 Å². The van der Waals surface area contributed by atoms with Crippen LogP contribution < -0.4 is 0 Å². The molecule has 2 heterocycles. The second-order valence-corrected chi connectivity index (χ2v) is 8.82. The Labute approximate surface area is 207 Å². The minimum absolute atomic E-state index is 0. The molecule has 3 aromatic rings. The van der Waals surface area contributed by atoms with E-state index in [2.05, 4.69) is 66.4 Å². The highest BCUT2D eigenvalue weighted by Gasteiger charge is 2.20. The molecule has 4 rings (SSSR count). The normalized spacial score (nSPS) is 14.3. The van der Waals surface area contributed by atoms with Crippen LogP contribution >= 0.6 is 0 Å². The van der Waals surface area contributed by atoms with Crippen LogP contribution in [0.25, 0.3) is 11.0 Å². The molecule has 35 heavy (non-hydrogen) atoms. The van der Waals surface area contributed by atoms with Crippen molar-refractivity contribution in [3.8, 4) is 0 Å². The van der Waals surface area contributed by atoms with E-state index in [4.69, 9.17) is 14.7 Å². The number of likely N-dealkylation sites (tertiary alicyclic amines) is 1. The van der Waals surface area contributed by atoms with Gasteiger partial charge in [-0.15, -0.1) is 0 Å². The van der Waals surface area contributed by atoms with Crippen molar-refractivity contribution in [2.24, 2.45) is 5.92 Å². The average Bonchev–Trinajstić information content (AvgIpc) is 3.20. The smallest absolute Gasteiger partial charge is 0.328 e. The summed E-state index contributed by atoms with van der Waals surface area (Å²) in [5.74, 6) is -1.71. The van der Waals surface area contributed by atoms with E-state index in [1.54, 1.807) is 0 Å². The molecule has 1 aliphatic heterocycles. The van der Waals surface area contributed by atoms with E-state index in [1.807, 2.05) is 0 Å². The molecule has 0 bridgehead atoms. The molecule has 0 unspecified atom stereocenters. The first-order chi connectivity index (χ1) is 16.3. The predicted molar refractivity (Wildman–Crippen MR) is 137 cm³/mol. The third-order valence-electron chi connectivity index (χ3n) is 6.28. The first-order valence-corrected chi connectivity index (χ1v) is 11.6. The first-order valence-electron chi connectivity index (χ1n) is 11.6. The molecule has 0 spiro atoms. The van der Waals surface area contributed by atoms with Crippen LogP contribution in [-0.4, -0.2) is 45.3 Å². The zero-order valence-electron chi connectivity index (χ0n) is 19.7. The highest BCUT2D eigenvalue weighted by Crippen LogP contribution is 2.27. The summed E-state index contributed by atoms with van der Waals surface area (Å²) in [7, 11) is 0. The summed E-state index contributed by atoms with van der Waals surface area (Å²) in [6.07, 6.45) is 5.94. The number of rotatable bonds is 7. The van der Waals surface area contributed by atoms with E-state index in [0.29, 0.717) is 12.2 Å². The maximum atomic E-state index is 9.55. The number of benzene rings is 2. The van der Waals surface area contributed by atoms with E-state index >= 15 is 0 Å². The van der Waals surface area contributed by atoms with Crippen LogP contribution in [0, 0.1) is 19.8 Å². The Bertz CT molecular complexity index is 1110. The van der Waals surface area contributed by atoms with Gasteiger partial charge < -0.3 is 14.7 Å². The maximum Gasteiger partial charge on any atom is 0.328 e. The van der Waals surface area contributed by atoms with Gasteiger partial charge in [0.15, 0.2) is 5.58 Å². The van der Waals surface area contributed by atoms with Crippen molar-refractivity contribution in [3.05, 3.63) is 77.0 Å². The van der Waals surface area contributed by atoms with Crippen molar-refractivity contribution in [2.75, 3.05) is 13.1 Å². The monoisotopic (exact) mass is 480 g/mol. The van der Waals surface area contributed by atoms with Crippen LogP contribution in [0.15, 0.2) is 59.1 Å². The van der Waals surface area contributed by atoms with Gasteiger partial charge in [0, 0.05) is 24.1 Å². The highest BCUT2D eigenvalue weighted by molar-refractivity contribution is 5.89. The molecule has 0 radical (unpaired) electrons. The highest BCUT2D eigenvalue weighted by atomic mass is 16.5. The number of aryl methyl sites for hydroxylation is 3. The molecule has 0 atom stereocenters. The molecule has 1 aromatic heterocycles. The Morgan fingerprint density at radius 1 is 1.03 bits per heavy atom. The van der Waals surface area contributed by atoms with Crippen LogP contribution in [-0.2, 0) is 22.6 Å². The third kappa shape index (κ3) is 8.68. The third-order valence-corrected chi connectivity index (χ3v) is 6.28.